The van der Waals surface area contributed by atoms with Gasteiger partial charge in [0.25, 0.3) is 0 Å². The minimum Gasteiger partial charge on any atom is -0.355 e. The number of carbonyl (C=O) groups excluding carboxylic acids is 2. The molecule has 0 spiro atoms. The van der Waals surface area contributed by atoms with Gasteiger partial charge in [0.1, 0.15) is 6.04 Å². The summed E-state index contributed by atoms with van der Waals surface area (Å²) in [5, 5.41) is 3.27. The second-order valence-corrected chi connectivity index (χ2v) is 10.3. The Morgan fingerprint density at radius 1 is 1.06 bits per heavy atom. The second kappa shape index (κ2) is 12.0. The van der Waals surface area contributed by atoms with Crippen LogP contribution < -0.4 is 9.62 Å². The first kappa shape index (κ1) is 26.7. The highest BCUT2D eigenvalue weighted by atomic mass is 35.5. The first-order chi connectivity index (χ1) is 15.5. The third kappa shape index (κ3) is 8.05. The zero-order chi connectivity index (χ0) is 24.6. The van der Waals surface area contributed by atoms with Gasteiger partial charge in [0.05, 0.1) is 11.9 Å². The third-order valence-electron chi connectivity index (χ3n) is 5.26. The Morgan fingerprint density at radius 3 is 2.21 bits per heavy atom. The van der Waals surface area contributed by atoms with E-state index in [4.69, 9.17) is 11.6 Å². The molecule has 1 N–H and O–H groups in total. The molecule has 2 aromatic carbocycles. The Hall–Kier alpha value is -2.58. The van der Waals surface area contributed by atoms with Crippen LogP contribution in [0.4, 0.5) is 5.69 Å². The van der Waals surface area contributed by atoms with Crippen LogP contribution in [0.2, 0.25) is 5.02 Å². The molecule has 0 radical (unpaired) electrons. The fourth-order valence-electron chi connectivity index (χ4n) is 3.41. The van der Waals surface area contributed by atoms with Crippen LogP contribution in [0.1, 0.15) is 37.8 Å². The van der Waals surface area contributed by atoms with Gasteiger partial charge in [0.15, 0.2) is 0 Å². The normalized spacial score (nSPS) is 12.2. The summed E-state index contributed by atoms with van der Waals surface area (Å²) in [7, 11) is -3.54. The highest BCUT2D eigenvalue weighted by Crippen LogP contribution is 2.21. The van der Waals surface area contributed by atoms with Gasteiger partial charge in [0, 0.05) is 31.1 Å². The molecule has 0 saturated carbocycles. The summed E-state index contributed by atoms with van der Waals surface area (Å²) in [6.45, 7) is 6.42. The van der Waals surface area contributed by atoms with E-state index in [1.54, 1.807) is 36.1 Å². The molecule has 2 amide bonds. The number of hydrogen-bond acceptors (Lipinski definition) is 4. The van der Waals surface area contributed by atoms with Crippen molar-refractivity contribution >= 4 is 39.1 Å². The molecule has 2 rings (SSSR count). The van der Waals surface area contributed by atoms with Crippen LogP contribution in [0.3, 0.4) is 0 Å². The standard InChI is InChI=1S/C24H32ClN3O4S/c1-5-26-24(30)19(3)27(17-20-10-8-18(2)9-11-20)23(29)7-6-16-28(33(4,31)32)22-14-12-21(25)13-15-22/h8-15,19H,5-7,16-17H2,1-4H3,(H,26,30)/t19-/m0/s1. The summed E-state index contributed by atoms with van der Waals surface area (Å²) >= 11 is 5.91. The van der Waals surface area contributed by atoms with E-state index in [0.717, 1.165) is 17.4 Å². The maximum Gasteiger partial charge on any atom is 0.242 e. The number of halogens is 1. The third-order valence-corrected chi connectivity index (χ3v) is 6.70. The van der Waals surface area contributed by atoms with E-state index < -0.39 is 16.1 Å². The van der Waals surface area contributed by atoms with Crippen LogP contribution in [-0.2, 0) is 26.2 Å². The fraction of sp³-hybridized carbons (Fsp3) is 0.417. The predicted octanol–water partition coefficient (Wildman–Crippen LogP) is 3.75. The minimum absolute atomic E-state index is 0.106. The molecular formula is C24H32ClN3O4S. The molecule has 0 aromatic heterocycles. The molecule has 33 heavy (non-hydrogen) atoms. The average molecular weight is 494 g/mol. The maximum atomic E-state index is 13.1. The van der Waals surface area contributed by atoms with Gasteiger partial charge < -0.3 is 10.2 Å². The smallest absolute Gasteiger partial charge is 0.242 e. The van der Waals surface area contributed by atoms with Crippen molar-refractivity contribution in [2.75, 3.05) is 23.7 Å². The lowest BCUT2D eigenvalue weighted by molar-refractivity contribution is -0.140. The van der Waals surface area contributed by atoms with Crippen molar-refractivity contribution in [1.82, 2.24) is 10.2 Å². The number of benzene rings is 2. The number of sulfonamides is 1. The number of hydrogen-bond donors (Lipinski definition) is 1. The largest absolute Gasteiger partial charge is 0.355 e. The lowest BCUT2D eigenvalue weighted by Gasteiger charge is -2.29. The number of nitrogens with one attached hydrogen (secondary N) is 1. The first-order valence-corrected chi connectivity index (χ1v) is 13.1. The van der Waals surface area contributed by atoms with Crippen molar-refractivity contribution in [3.8, 4) is 0 Å². The van der Waals surface area contributed by atoms with Crippen LogP contribution in [-0.4, -0.2) is 50.5 Å². The molecule has 0 aliphatic heterocycles. The maximum absolute atomic E-state index is 13.1. The summed E-state index contributed by atoms with van der Waals surface area (Å²) < 4.78 is 25.9. The van der Waals surface area contributed by atoms with Gasteiger partial charge in [-0.05, 0) is 57.0 Å². The monoisotopic (exact) mass is 493 g/mol. The van der Waals surface area contributed by atoms with Gasteiger partial charge in [-0.2, -0.15) is 0 Å². The number of likely N-dealkylation sites (N-methyl/N-ethyl adjacent to an activating group) is 1. The van der Waals surface area contributed by atoms with Crippen molar-refractivity contribution in [3.63, 3.8) is 0 Å². The fourth-order valence-corrected chi connectivity index (χ4v) is 4.50. The summed E-state index contributed by atoms with van der Waals surface area (Å²) in [4.78, 5) is 27.1. The van der Waals surface area contributed by atoms with E-state index in [1.165, 1.54) is 4.31 Å². The zero-order valence-electron chi connectivity index (χ0n) is 19.5. The van der Waals surface area contributed by atoms with Crippen LogP contribution >= 0.6 is 11.6 Å². The Labute approximate surface area is 201 Å². The van der Waals surface area contributed by atoms with Crippen molar-refractivity contribution < 1.29 is 18.0 Å². The van der Waals surface area contributed by atoms with Crippen molar-refractivity contribution in [1.29, 1.82) is 0 Å². The van der Waals surface area contributed by atoms with Crippen LogP contribution in [0, 0.1) is 6.92 Å². The van der Waals surface area contributed by atoms with Gasteiger partial charge >= 0.3 is 0 Å². The number of rotatable bonds is 11. The van der Waals surface area contributed by atoms with Crippen molar-refractivity contribution in [3.05, 3.63) is 64.7 Å². The van der Waals surface area contributed by atoms with Gasteiger partial charge in [-0.3, -0.25) is 13.9 Å². The van der Waals surface area contributed by atoms with E-state index in [-0.39, 0.29) is 24.8 Å². The predicted molar refractivity (Wildman–Crippen MR) is 133 cm³/mol. The molecule has 0 bridgehead atoms. The highest BCUT2D eigenvalue weighted by Gasteiger charge is 2.26. The van der Waals surface area contributed by atoms with Crippen molar-refractivity contribution in [2.24, 2.45) is 0 Å². The Bertz CT molecular complexity index is 1040. The van der Waals surface area contributed by atoms with E-state index in [9.17, 15) is 18.0 Å². The summed E-state index contributed by atoms with van der Waals surface area (Å²) in [6, 6.07) is 13.7. The van der Waals surface area contributed by atoms with Gasteiger partial charge in [0.2, 0.25) is 21.8 Å². The number of aryl methyl sites for hydroxylation is 1. The van der Waals surface area contributed by atoms with Crippen molar-refractivity contribution in [2.45, 2.75) is 46.2 Å². The lowest BCUT2D eigenvalue weighted by Crippen LogP contribution is -2.47. The summed E-state index contributed by atoms with van der Waals surface area (Å²) in [5.41, 5.74) is 2.52. The molecule has 0 aliphatic carbocycles. The Kier molecular flexibility index (Phi) is 9.73. The minimum atomic E-state index is -3.54. The molecule has 180 valence electrons. The number of anilines is 1. The molecule has 9 heteroatoms. The molecule has 2 aromatic rings. The molecule has 0 fully saturated rings. The Morgan fingerprint density at radius 2 is 1.67 bits per heavy atom. The topological polar surface area (TPSA) is 86.8 Å². The van der Waals surface area contributed by atoms with Crippen LogP contribution in [0.25, 0.3) is 0 Å². The van der Waals surface area contributed by atoms with E-state index in [0.29, 0.717) is 30.2 Å². The number of carbonyl (C=O) groups is 2. The van der Waals surface area contributed by atoms with Crippen LogP contribution in [0.15, 0.2) is 48.5 Å². The van der Waals surface area contributed by atoms with E-state index in [2.05, 4.69) is 5.32 Å². The number of nitrogens with zero attached hydrogens (tertiary/aromatic N) is 2. The number of amides is 2. The highest BCUT2D eigenvalue weighted by molar-refractivity contribution is 7.92. The van der Waals surface area contributed by atoms with Gasteiger partial charge in [-0.25, -0.2) is 8.42 Å². The molecule has 0 unspecified atom stereocenters. The van der Waals surface area contributed by atoms with Gasteiger partial charge in [-0.15, -0.1) is 0 Å². The lowest BCUT2D eigenvalue weighted by atomic mass is 10.1. The van der Waals surface area contributed by atoms with Gasteiger partial charge in [-0.1, -0.05) is 41.4 Å². The van der Waals surface area contributed by atoms with Crippen LogP contribution in [0.5, 0.6) is 0 Å². The molecule has 0 heterocycles. The molecule has 0 saturated heterocycles. The second-order valence-electron chi connectivity index (χ2n) is 7.99. The molecular weight excluding hydrogens is 462 g/mol. The SMILES string of the molecule is CCNC(=O)[C@H](C)N(Cc1ccc(C)cc1)C(=O)CCCN(c1ccc(Cl)cc1)S(C)(=O)=O. The molecule has 1 atom stereocenters. The molecule has 7 nitrogen and oxygen atoms in total. The first-order valence-electron chi connectivity index (χ1n) is 10.9. The van der Waals surface area contributed by atoms with E-state index in [1.807, 2.05) is 38.1 Å². The Balaban J connectivity index is 2.13. The molecule has 0 aliphatic rings. The summed E-state index contributed by atoms with van der Waals surface area (Å²) in [5.74, 6) is -0.434. The quantitative estimate of drug-likeness (QED) is 0.516. The van der Waals surface area contributed by atoms with E-state index >= 15 is 0 Å². The summed E-state index contributed by atoms with van der Waals surface area (Å²) in [6.07, 6.45) is 1.54. The average Bonchev–Trinajstić information content (AvgIpc) is 2.76. The zero-order valence-corrected chi connectivity index (χ0v) is 21.1.